The van der Waals surface area contributed by atoms with Crippen LogP contribution < -0.4 is 5.32 Å². The molecule has 0 spiro atoms. The number of hydrogen-bond acceptors (Lipinski definition) is 3. The quantitative estimate of drug-likeness (QED) is 0.751. The molecule has 2 atom stereocenters. The monoisotopic (exact) mass is 229 g/mol. The summed E-state index contributed by atoms with van der Waals surface area (Å²) in [6.07, 6.45) is 2.45. The Bertz CT molecular complexity index is 273. The van der Waals surface area contributed by atoms with Gasteiger partial charge < -0.3 is 15.2 Å². The predicted octanol–water partition coefficient (Wildman–Crippen LogP) is 0.925. The first kappa shape index (κ1) is 13.0. The number of carboxylic acids is 1. The van der Waals surface area contributed by atoms with E-state index in [1.807, 2.05) is 0 Å². The lowest BCUT2D eigenvalue weighted by molar-refractivity contribution is -0.150. The highest BCUT2D eigenvalue weighted by Crippen LogP contribution is 2.15. The molecule has 0 aliphatic carbocycles. The second-order valence-electron chi connectivity index (χ2n) is 4.34. The molecule has 0 saturated carbocycles. The highest BCUT2D eigenvalue weighted by molar-refractivity contribution is 5.88. The normalized spacial score (nSPS) is 24.5. The molecule has 0 aromatic rings. The van der Waals surface area contributed by atoms with Crippen LogP contribution in [0.5, 0.6) is 0 Å². The van der Waals surface area contributed by atoms with Crippen LogP contribution in [0.1, 0.15) is 39.5 Å². The van der Waals surface area contributed by atoms with Crippen molar-refractivity contribution in [3.63, 3.8) is 0 Å². The molecule has 1 heterocycles. The molecule has 5 nitrogen and oxygen atoms in total. The zero-order chi connectivity index (χ0) is 12.2. The van der Waals surface area contributed by atoms with Gasteiger partial charge in [0.25, 0.3) is 0 Å². The fourth-order valence-corrected chi connectivity index (χ4v) is 1.59. The molecular formula is C11H19NO4. The Labute approximate surface area is 95.2 Å². The fourth-order valence-electron chi connectivity index (χ4n) is 1.59. The molecule has 0 radical (unpaired) electrons. The zero-order valence-electron chi connectivity index (χ0n) is 9.78. The average Bonchev–Trinajstić information content (AvgIpc) is 2.29. The van der Waals surface area contributed by atoms with Crippen molar-refractivity contribution in [1.29, 1.82) is 0 Å². The molecule has 1 aliphatic rings. The van der Waals surface area contributed by atoms with Crippen LogP contribution in [0.4, 0.5) is 0 Å². The first-order valence-electron chi connectivity index (χ1n) is 5.66. The van der Waals surface area contributed by atoms with E-state index in [1.54, 1.807) is 6.92 Å². The van der Waals surface area contributed by atoms with Crippen molar-refractivity contribution in [1.82, 2.24) is 5.32 Å². The third kappa shape index (κ3) is 2.95. The summed E-state index contributed by atoms with van der Waals surface area (Å²) in [5.74, 6) is -1.33. The van der Waals surface area contributed by atoms with Crippen molar-refractivity contribution in [2.45, 2.75) is 51.2 Å². The number of ether oxygens (including phenoxy) is 1. The van der Waals surface area contributed by atoms with Gasteiger partial charge in [-0.1, -0.05) is 6.92 Å². The first-order chi connectivity index (χ1) is 7.49. The summed E-state index contributed by atoms with van der Waals surface area (Å²) in [5.41, 5.74) is -1.20. The number of carboxylic acid groups (broad SMARTS) is 1. The minimum absolute atomic E-state index is 0.313. The first-order valence-corrected chi connectivity index (χ1v) is 5.66. The average molecular weight is 229 g/mol. The topological polar surface area (TPSA) is 75.6 Å². The summed E-state index contributed by atoms with van der Waals surface area (Å²) in [5, 5.41) is 11.6. The van der Waals surface area contributed by atoms with Gasteiger partial charge in [-0.3, -0.25) is 4.79 Å². The Morgan fingerprint density at radius 2 is 2.19 bits per heavy atom. The fraction of sp³-hybridized carbons (Fsp3) is 0.818. The molecule has 1 amide bonds. The van der Waals surface area contributed by atoms with Crippen LogP contribution in [0.2, 0.25) is 0 Å². The maximum atomic E-state index is 11.8. The Morgan fingerprint density at radius 3 is 2.62 bits per heavy atom. The highest BCUT2D eigenvalue weighted by Gasteiger charge is 2.35. The number of amides is 1. The lowest BCUT2D eigenvalue weighted by Crippen LogP contribution is -2.55. The van der Waals surface area contributed by atoms with Crippen LogP contribution in [0.25, 0.3) is 0 Å². The van der Waals surface area contributed by atoms with Crippen molar-refractivity contribution < 1.29 is 19.4 Å². The van der Waals surface area contributed by atoms with E-state index in [0.717, 1.165) is 12.8 Å². The molecule has 1 rings (SSSR count). The number of nitrogens with one attached hydrogen (secondary N) is 1. The maximum Gasteiger partial charge on any atom is 0.329 e. The molecule has 0 aromatic carbocycles. The van der Waals surface area contributed by atoms with Gasteiger partial charge in [0, 0.05) is 6.61 Å². The van der Waals surface area contributed by atoms with Gasteiger partial charge in [-0.05, 0) is 32.6 Å². The molecular weight excluding hydrogens is 210 g/mol. The lowest BCUT2D eigenvalue weighted by Gasteiger charge is -2.29. The standard InChI is InChI=1S/C11H19NO4/c1-3-11(2,10(14)15)12-9(13)8-6-4-5-7-16-8/h8H,3-7H2,1-2H3,(H,12,13)(H,14,15). The highest BCUT2D eigenvalue weighted by atomic mass is 16.5. The number of aliphatic carboxylic acids is 1. The third-order valence-corrected chi connectivity index (χ3v) is 3.05. The largest absolute Gasteiger partial charge is 0.480 e. The molecule has 0 aromatic heterocycles. The number of rotatable bonds is 4. The summed E-state index contributed by atoms with van der Waals surface area (Å²) < 4.78 is 5.30. The van der Waals surface area contributed by atoms with Crippen LogP contribution in [0, 0.1) is 0 Å². The minimum atomic E-state index is -1.20. The Balaban J connectivity index is 2.57. The van der Waals surface area contributed by atoms with E-state index in [9.17, 15) is 9.59 Å². The maximum absolute atomic E-state index is 11.8. The van der Waals surface area contributed by atoms with Gasteiger partial charge in [-0.2, -0.15) is 0 Å². The van der Waals surface area contributed by atoms with Gasteiger partial charge in [0.1, 0.15) is 11.6 Å². The van der Waals surface area contributed by atoms with E-state index < -0.39 is 17.6 Å². The zero-order valence-corrected chi connectivity index (χ0v) is 9.78. The summed E-state index contributed by atoms with van der Waals surface area (Å²) in [7, 11) is 0. The number of hydrogen-bond donors (Lipinski definition) is 2. The summed E-state index contributed by atoms with van der Waals surface area (Å²) in [4.78, 5) is 22.8. The smallest absolute Gasteiger partial charge is 0.329 e. The van der Waals surface area contributed by atoms with Crippen molar-refractivity contribution in [2.75, 3.05) is 6.61 Å². The Morgan fingerprint density at radius 1 is 1.50 bits per heavy atom. The number of carbonyl (C=O) groups excluding carboxylic acids is 1. The van der Waals surface area contributed by atoms with Crippen LogP contribution in [-0.2, 0) is 14.3 Å². The van der Waals surface area contributed by atoms with E-state index in [2.05, 4.69) is 5.32 Å². The van der Waals surface area contributed by atoms with Crippen molar-refractivity contribution in [2.24, 2.45) is 0 Å². The van der Waals surface area contributed by atoms with Crippen molar-refractivity contribution in [3.8, 4) is 0 Å². The van der Waals surface area contributed by atoms with Crippen LogP contribution in [0.3, 0.4) is 0 Å². The van der Waals surface area contributed by atoms with Crippen LogP contribution >= 0.6 is 0 Å². The molecule has 2 unspecified atom stereocenters. The Kier molecular flexibility index (Phi) is 4.29. The molecule has 1 aliphatic heterocycles. The minimum Gasteiger partial charge on any atom is -0.480 e. The second kappa shape index (κ2) is 5.30. The van der Waals surface area contributed by atoms with Crippen molar-refractivity contribution >= 4 is 11.9 Å². The van der Waals surface area contributed by atoms with Gasteiger partial charge >= 0.3 is 5.97 Å². The van der Waals surface area contributed by atoms with E-state index >= 15 is 0 Å². The SMILES string of the molecule is CCC(C)(NC(=O)C1CCCCO1)C(=O)O. The molecule has 0 bridgehead atoms. The second-order valence-corrected chi connectivity index (χ2v) is 4.34. The lowest BCUT2D eigenvalue weighted by atomic mass is 9.98. The van der Waals surface area contributed by atoms with Gasteiger partial charge in [-0.15, -0.1) is 0 Å². The summed E-state index contributed by atoms with van der Waals surface area (Å²) >= 11 is 0. The van der Waals surface area contributed by atoms with E-state index in [0.29, 0.717) is 19.4 Å². The molecule has 1 saturated heterocycles. The van der Waals surface area contributed by atoms with E-state index in [-0.39, 0.29) is 5.91 Å². The van der Waals surface area contributed by atoms with Crippen LogP contribution in [-0.4, -0.2) is 35.2 Å². The van der Waals surface area contributed by atoms with E-state index in [1.165, 1.54) is 6.92 Å². The van der Waals surface area contributed by atoms with Gasteiger partial charge in [-0.25, -0.2) is 4.79 Å². The molecule has 5 heteroatoms. The molecule has 92 valence electrons. The molecule has 16 heavy (non-hydrogen) atoms. The molecule has 2 N–H and O–H groups in total. The van der Waals surface area contributed by atoms with Gasteiger partial charge in [0.05, 0.1) is 0 Å². The van der Waals surface area contributed by atoms with E-state index in [4.69, 9.17) is 9.84 Å². The molecule has 1 fully saturated rings. The van der Waals surface area contributed by atoms with Crippen molar-refractivity contribution in [3.05, 3.63) is 0 Å². The number of carbonyl (C=O) groups is 2. The summed E-state index contributed by atoms with van der Waals surface area (Å²) in [6, 6.07) is 0. The Hall–Kier alpha value is -1.10. The van der Waals surface area contributed by atoms with Gasteiger partial charge in [0.2, 0.25) is 5.91 Å². The summed E-state index contributed by atoms with van der Waals surface area (Å²) in [6.45, 7) is 3.82. The van der Waals surface area contributed by atoms with Gasteiger partial charge in [0.15, 0.2) is 0 Å². The van der Waals surface area contributed by atoms with Crippen LogP contribution in [0.15, 0.2) is 0 Å². The third-order valence-electron chi connectivity index (χ3n) is 3.05. The predicted molar refractivity (Wildman–Crippen MR) is 58.1 cm³/mol.